The van der Waals surface area contributed by atoms with Crippen LogP contribution in [0.4, 0.5) is 0 Å². The van der Waals surface area contributed by atoms with E-state index in [1.54, 1.807) is 0 Å². The van der Waals surface area contributed by atoms with E-state index in [-0.39, 0.29) is 11.7 Å². The highest BCUT2D eigenvalue weighted by Crippen LogP contribution is 2.47. The monoisotopic (exact) mass is 266 g/mol. The zero-order valence-corrected chi connectivity index (χ0v) is 13.1. The van der Waals surface area contributed by atoms with E-state index in [1.807, 2.05) is 0 Å². The average molecular weight is 266 g/mol. The van der Waals surface area contributed by atoms with Crippen LogP contribution in [-0.4, -0.2) is 19.5 Å². The molecule has 0 bridgehead atoms. The Hall–Kier alpha value is -0.340. The summed E-state index contributed by atoms with van der Waals surface area (Å²) in [5.41, 5.74) is 1.73. The summed E-state index contributed by atoms with van der Waals surface area (Å²) in [6.07, 6.45) is 8.47. The Morgan fingerprint density at radius 2 is 1.89 bits per heavy atom. The fourth-order valence-electron chi connectivity index (χ4n) is 3.66. The largest absolute Gasteiger partial charge is 0.352 e. The summed E-state index contributed by atoms with van der Waals surface area (Å²) in [5, 5.41) is 0. The molecule has 0 saturated carbocycles. The van der Waals surface area contributed by atoms with Crippen LogP contribution in [0, 0.1) is 17.3 Å². The van der Waals surface area contributed by atoms with Gasteiger partial charge in [0.05, 0.1) is 13.2 Å². The molecule has 0 unspecified atom stereocenters. The predicted molar refractivity (Wildman–Crippen MR) is 79.0 cm³/mol. The molecular formula is C17H30O2. The van der Waals surface area contributed by atoms with Gasteiger partial charge in [0, 0.05) is 5.41 Å². The average Bonchev–Trinajstić information content (AvgIpc) is 2.38. The maximum atomic E-state index is 6.04. The van der Waals surface area contributed by atoms with E-state index < -0.39 is 0 Å². The van der Waals surface area contributed by atoms with Crippen LogP contribution in [0.1, 0.15) is 59.8 Å². The molecule has 2 rings (SSSR count). The zero-order chi connectivity index (χ0) is 13.9. The molecule has 0 aromatic carbocycles. The van der Waals surface area contributed by atoms with Crippen molar-refractivity contribution in [1.29, 1.82) is 0 Å². The molecule has 1 saturated heterocycles. The highest BCUT2D eigenvalue weighted by molar-refractivity contribution is 5.13. The molecule has 0 amide bonds. The molecule has 2 heteroatoms. The van der Waals surface area contributed by atoms with E-state index in [2.05, 4.69) is 33.8 Å². The molecule has 1 spiro atoms. The molecule has 110 valence electrons. The van der Waals surface area contributed by atoms with Crippen molar-refractivity contribution in [3.63, 3.8) is 0 Å². The number of hydrogen-bond acceptors (Lipinski definition) is 2. The second-order valence-electron chi connectivity index (χ2n) is 6.69. The van der Waals surface area contributed by atoms with Crippen LogP contribution in [0.2, 0.25) is 0 Å². The molecule has 1 aliphatic carbocycles. The second kappa shape index (κ2) is 6.41. The third-order valence-electron chi connectivity index (χ3n) is 5.17. The standard InChI is InChI=1S/C17H30O2/c1-5-6-7-8-16-18-11-17(12-19-16)14(3)9-13(2)10-15(17)4/h9,14-16H,5-8,10-12H2,1-4H3/t14-,15+,16?,17?/m1/s1. The number of rotatable bonds is 4. The van der Waals surface area contributed by atoms with Crippen molar-refractivity contribution in [3.05, 3.63) is 11.6 Å². The first-order valence-electron chi connectivity index (χ1n) is 7.99. The Morgan fingerprint density at radius 3 is 2.47 bits per heavy atom. The molecule has 0 N–H and O–H groups in total. The lowest BCUT2D eigenvalue weighted by atomic mass is 9.63. The van der Waals surface area contributed by atoms with E-state index in [0.717, 1.165) is 19.6 Å². The van der Waals surface area contributed by atoms with E-state index >= 15 is 0 Å². The number of ether oxygens (including phenoxy) is 2. The van der Waals surface area contributed by atoms with Crippen molar-refractivity contribution in [3.8, 4) is 0 Å². The van der Waals surface area contributed by atoms with Crippen molar-refractivity contribution >= 4 is 0 Å². The Bertz CT molecular complexity index is 313. The molecule has 2 aliphatic rings. The molecule has 0 aromatic rings. The van der Waals surface area contributed by atoms with Crippen molar-refractivity contribution in [2.24, 2.45) is 17.3 Å². The van der Waals surface area contributed by atoms with Gasteiger partial charge in [0.25, 0.3) is 0 Å². The van der Waals surface area contributed by atoms with Crippen molar-refractivity contribution < 1.29 is 9.47 Å². The van der Waals surface area contributed by atoms with Gasteiger partial charge in [-0.1, -0.05) is 45.3 Å². The van der Waals surface area contributed by atoms with Gasteiger partial charge in [0.15, 0.2) is 6.29 Å². The van der Waals surface area contributed by atoms with Gasteiger partial charge in [-0.05, 0) is 38.0 Å². The zero-order valence-electron chi connectivity index (χ0n) is 13.1. The normalized spacial score (nSPS) is 39.4. The molecule has 2 atom stereocenters. The summed E-state index contributed by atoms with van der Waals surface area (Å²) in [4.78, 5) is 0. The lowest BCUT2D eigenvalue weighted by Gasteiger charge is -2.49. The van der Waals surface area contributed by atoms with E-state index in [0.29, 0.717) is 11.8 Å². The third-order valence-corrected chi connectivity index (χ3v) is 5.17. The van der Waals surface area contributed by atoms with E-state index in [1.165, 1.54) is 31.3 Å². The SMILES string of the molecule is CCCCCC1OCC2(CO1)[C@H](C)C=C(C)C[C@@H]2C. The Labute approximate surface area is 118 Å². The van der Waals surface area contributed by atoms with Gasteiger partial charge in [-0.25, -0.2) is 0 Å². The number of hydrogen-bond donors (Lipinski definition) is 0. The number of unbranched alkanes of at least 4 members (excludes halogenated alkanes) is 2. The van der Waals surface area contributed by atoms with Crippen molar-refractivity contribution in [1.82, 2.24) is 0 Å². The lowest BCUT2D eigenvalue weighted by molar-refractivity contribution is -0.252. The minimum atomic E-state index is 0.0450. The Kier molecular flexibility index (Phi) is 5.08. The molecule has 19 heavy (non-hydrogen) atoms. The summed E-state index contributed by atoms with van der Waals surface area (Å²) in [5.74, 6) is 1.22. The smallest absolute Gasteiger partial charge is 0.157 e. The van der Waals surface area contributed by atoms with Gasteiger partial charge in [-0.2, -0.15) is 0 Å². The Balaban J connectivity index is 1.91. The molecule has 1 heterocycles. The van der Waals surface area contributed by atoms with Crippen LogP contribution in [0.25, 0.3) is 0 Å². The summed E-state index contributed by atoms with van der Waals surface area (Å²) < 4.78 is 12.1. The van der Waals surface area contributed by atoms with Crippen molar-refractivity contribution in [2.45, 2.75) is 66.1 Å². The van der Waals surface area contributed by atoms with Crippen molar-refractivity contribution in [2.75, 3.05) is 13.2 Å². The van der Waals surface area contributed by atoms with Gasteiger partial charge in [0.1, 0.15) is 0 Å². The minimum Gasteiger partial charge on any atom is -0.352 e. The van der Waals surface area contributed by atoms with Gasteiger partial charge in [-0.3, -0.25) is 0 Å². The van der Waals surface area contributed by atoms with Crippen LogP contribution >= 0.6 is 0 Å². The highest BCUT2D eigenvalue weighted by atomic mass is 16.7. The maximum absolute atomic E-state index is 6.04. The lowest BCUT2D eigenvalue weighted by Crippen LogP contribution is -2.50. The maximum Gasteiger partial charge on any atom is 0.157 e. The molecule has 1 aliphatic heterocycles. The summed E-state index contributed by atoms with van der Waals surface area (Å²) in [6, 6.07) is 0. The predicted octanol–water partition coefficient (Wildman–Crippen LogP) is 4.55. The quantitative estimate of drug-likeness (QED) is 0.549. The number of allylic oxidation sites excluding steroid dienone is 2. The molecular weight excluding hydrogens is 236 g/mol. The third kappa shape index (κ3) is 3.22. The van der Waals surface area contributed by atoms with Crippen LogP contribution in [0.15, 0.2) is 11.6 Å². The highest BCUT2D eigenvalue weighted by Gasteiger charge is 2.46. The molecule has 1 fully saturated rings. The minimum absolute atomic E-state index is 0.0450. The van der Waals surface area contributed by atoms with Crippen LogP contribution < -0.4 is 0 Å². The van der Waals surface area contributed by atoms with Gasteiger partial charge >= 0.3 is 0 Å². The topological polar surface area (TPSA) is 18.5 Å². The summed E-state index contributed by atoms with van der Waals surface area (Å²) >= 11 is 0. The summed E-state index contributed by atoms with van der Waals surface area (Å²) in [6.45, 7) is 10.9. The molecule has 0 aromatic heterocycles. The van der Waals surface area contributed by atoms with Crippen LogP contribution in [0.3, 0.4) is 0 Å². The second-order valence-corrected chi connectivity index (χ2v) is 6.69. The van der Waals surface area contributed by atoms with E-state index in [9.17, 15) is 0 Å². The fraction of sp³-hybridized carbons (Fsp3) is 0.882. The Morgan fingerprint density at radius 1 is 1.21 bits per heavy atom. The van der Waals surface area contributed by atoms with E-state index in [4.69, 9.17) is 9.47 Å². The van der Waals surface area contributed by atoms with Crippen LogP contribution in [-0.2, 0) is 9.47 Å². The molecule has 2 nitrogen and oxygen atoms in total. The van der Waals surface area contributed by atoms with Gasteiger partial charge in [-0.15, -0.1) is 0 Å². The van der Waals surface area contributed by atoms with Gasteiger partial charge < -0.3 is 9.47 Å². The first-order valence-corrected chi connectivity index (χ1v) is 7.99. The van der Waals surface area contributed by atoms with Gasteiger partial charge in [0.2, 0.25) is 0 Å². The first-order chi connectivity index (χ1) is 9.08. The fourth-order valence-corrected chi connectivity index (χ4v) is 3.66. The van der Waals surface area contributed by atoms with Crippen LogP contribution in [0.5, 0.6) is 0 Å². The summed E-state index contributed by atoms with van der Waals surface area (Å²) in [7, 11) is 0. The molecule has 0 radical (unpaired) electrons. The first kappa shape index (κ1) is 15.1.